The van der Waals surface area contributed by atoms with Crippen LogP contribution in [0.4, 0.5) is 0 Å². The van der Waals surface area contributed by atoms with E-state index < -0.39 is 11.5 Å². The van der Waals surface area contributed by atoms with Crippen molar-refractivity contribution in [2.75, 3.05) is 39.4 Å². The van der Waals surface area contributed by atoms with Crippen LogP contribution in [0.15, 0.2) is 42.6 Å². The summed E-state index contributed by atoms with van der Waals surface area (Å²) in [5.41, 5.74) is -0.733. The minimum atomic E-state index is -1.45. The molecule has 2 heterocycles. The largest absolute Gasteiger partial charge is 0.384 e. The molecule has 0 spiro atoms. The molecule has 29 heavy (non-hydrogen) atoms. The van der Waals surface area contributed by atoms with Crippen molar-refractivity contribution in [1.29, 1.82) is 0 Å². The number of benzene rings is 1. The first kappa shape index (κ1) is 20.5. The van der Waals surface area contributed by atoms with Gasteiger partial charge in [-0.05, 0) is 18.2 Å². The molecule has 1 unspecified atom stereocenters. The lowest BCUT2D eigenvalue weighted by molar-refractivity contribution is -0.132. The van der Waals surface area contributed by atoms with Gasteiger partial charge in [0.1, 0.15) is 11.3 Å². The molecule has 3 amide bonds. The molecule has 0 radical (unpaired) electrons. The fourth-order valence-electron chi connectivity index (χ4n) is 2.92. The number of carbonyl (C=O) groups excluding carboxylic acids is 3. The molecule has 1 aliphatic heterocycles. The van der Waals surface area contributed by atoms with Crippen LogP contribution in [-0.2, 0) is 9.53 Å². The Hall–Kier alpha value is -3.24. The molecule has 10 nitrogen and oxygen atoms in total. The molecule has 1 aromatic heterocycles. The molecule has 1 saturated heterocycles. The molecule has 0 aliphatic carbocycles. The number of aliphatic hydroxyl groups is 1. The van der Waals surface area contributed by atoms with Gasteiger partial charge in [-0.2, -0.15) is 5.10 Å². The van der Waals surface area contributed by atoms with Crippen LogP contribution in [0.1, 0.15) is 20.8 Å². The number of aromatic amines is 1. The number of hydrogen-bond acceptors (Lipinski definition) is 6. The minimum Gasteiger partial charge on any atom is -0.384 e. The van der Waals surface area contributed by atoms with E-state index in [-0.39, 0.29) is 56.9 Å². The van der Waals surface area contributed by atoms with Crippen LogP contribution in [0.2, 0.25) is 0 Å². The molecule has 10 heteroatoms. The Bertz CT molecular complexity index is 842. The number of rotatable bonds is 6. The van der Waals surface area contributed by atoms with Gasteiger partial charge in [-0.3, -0.25) is 19.5 Å². The fraction of sp³-hybridized carbons (Fsp3) is 0.368. The Morgan fingerprint density at radius 1 is 1.17 bits per heavy atom. The zero-order valence-electron chi connectivity index (χ0n) is 15.8. The Kier molecular flexibility index (Phi) is 6.57. The maximum atomic E-state index is 12.5. The summed E-state index contributed by atoms with van der Waals surface area (Å²) in [4.78, 5) is 38.1. The zero-order chi connectivity index (χ0) is 20.7. The quantitative estimate of drug-likeness (QED) is 0.498. The summed E-state index contributed by atoms with van der Waals surface area (Å²) in [5, 5.41) is 22.3. The van der Waals surface area contributed by atoms with Gasteiger partial charge in [0, 0.05) is 18.3 Å². The number of nitrogens with zero attached hydrogens (tertiary/aromatic N) is 2. The lowest BCUT2D eigenvalue weighted by Crippen LogP contribution is -2.54. The average molecular weight is 401 g/mol. The average Bonchev–Trinajstić information content (AvgIpc) is 3.21. The van der Waals surface area contributed by atoms with Gasteiger partial charge in [-0.25, -0.2) is 0 Å². The predicted molar refractivity (Wildman–Crippen MR) is 102 cm³/mol. The first-order valence-electron chi connectivity index (χ1n) is 9.16. The highest BCUT2D eigenvalue weighted by molar-refractivity contribution is 5.96. The summed E-state index contributed by atoms with van der Waals surface area (Å²) in [7, 11) is 0. The highest BCUT2D eigenvalue weighted by Crippen LogP contribution is 2.12. The summed E-state index contributed by atoms with van der Waals surface area (Å²) in [6.07, 6.45) is 1.45. The predicted octanol–water partition coefficient (Wildman–Crippen LogP) is -0.841. The standard InChI is InChI=1S/C19H23N5O5/c25-16(10-20-17(26)14-4-2-1-3-5-14)24-8-9-29-13-19(28,12-24)11-21-18(27)15-6-7-22-23-15/h1-7,28H,8-13H2,(H,20,26)(H,21,27)(H,22,23). The van der Waals surface area contributed by atoms with Gasteiger partial charge in [0.15, 0.2) is 0 Å². The number of nitrogens with one attached hydrogen (secondary N) is 3. The van der Waals surface area contributed by atoms with E-state index in [0.717, 1.165) is 0 Å². The number of carbonyl (C=O) groups is 3. The summed E-state index contributed by atoms with van der Waals surface area (Å²) in [6, 6.07) is 10.1. The molecular weight excluding hydrogens is 378 g/mol. The third-order valence-corrected chi connectivity index (χ3v) is 4.47. The van der Waals surface area contributed by atoms with Crippen molar-refractivity contribution >= 4 is 17.7 Å². The topological polar surface area (TPSA) is 137 Å². The van der Waals surface area contributed by atoms with Crippen LogP contribution in [0.5, 0.6) is 0 Å². The number of hydrogen-bond donors (Lipinski definition) is 4. The fourth-order valence-corrected chi connectivity index (χ4v) is 2.92. The lowest BCUT2D eigenvalue weighted by Gasteiger charge is -2.31. The van der Waals surface area contributed by atoms with Crippen LogP contribution in [-0.4, -0.2) is 82.9 Å². The van der Waals surface area contributed by atoms with E-state index in [1.165, 1.54) is 17.2 Å². The van der Waals surface area contributed by atoms with Crippen molar-refractivity contribution < 1.29 is 24.2 Å². The molecule has 154 valence electrons. The van der Waals surface area contributed by atoms with Crippen molar-refractivity contribution in [3.05, 3.63) is 53.9 Å². The summed E-state index contributed by atoms with van der Waals surface area (Å²) in [6.45, 7) is 0.147. The van der Waals surface area contributed by atoms with Crippen LogP contribution < -0.4 is 10.6 Å². The summed E-state index contributed by atoms with van der Waals surface area (Å²) >= 11 is 0. The maximum absolute atomic E-state index is 12.5. The van der Waals surface area contributed by atoms with Gasteiger partial charge in [0.05, 0.1) is 32.8 Å². The molecule has 0 bridgehead atoms. The summed E-state index contributed by atoms with van der Waals surface area (Å²) < 4.78 is 5.41. The van der Waals surface area contributed by atoms with Crippen LogP contribution in [0.3, 0.4) is 0 Å². The summed E-state index contributed by atoms with van der Waals surface area (Å²) in [5.74, 6) is -1.13. The van der Waals surface area contributed by atoms with Crippen molar-refractivity contribution in [3.8, 4) is 0 Å². The lowest BCUT2D eigenvalue weighted by atomic mass is 10.0. The first-order chi connectivity index (χ1) is 14.0. The van der Waals surface area contributed by atoms with Gasteiger partial charge in [-0.15, -0.1) is 0 Å². The minimum absolute atomic E-state index is 0.0313. The monoisotopic (exact) mass is 401 g/mol. The van der Waals surface area contributed by atoms with E-state index in [1.807, 2.05) is 0 Å². The van der Waals surface area contributed by atoms with Gasteiger partial charge in [0.2, 0.25) is 5.91 Å². The number of aromatic nitrogens is 2. The Morgan fingerprint density at radius 3 is 2.69 bits per heavy atom. The number of ether oxygens (including phenoxy) is 1. The molecule has 2 aromatic rings. The Morgan fingerprint density at radius 2 is 1.97 bits per heavy atom. The van der Waals surface area contributed by atoms with E-state index in [0.29, 0.717) is 5.56 Å². The third-order valence-electron chi connectivity index (χ3n) is 4.47. The van der Waals surface area contributed by atoms with E-state index in [4.69, 9.17) is 4.74 Å². The van der Waals surface area contributed by atoms with Crippen molar-refractivity contribution in [1.82, 2.24) is 25.7 Å². The van der Waals surface area contributed by atoms with E-state index in [9.17, 15) is 19.5 Å². The van der Waals surface area contributed by atoms with Crippen LogP contribution in [0, 0.1) is 0 Å². The highest BCUT2D eigenvalue weighted by Gasteiger charge is 2.35. The second-order valence-electron chi connectivity index (χ2n) is 6.79. The first-order valence-corrected chi connectivity index (χ1v) is 9.16. The molecule has 3 rings (SSSR count). The maximum Gasteiger partial charge on any atom is 0.269 e. The van der Waals surface area contributed by atoms with Crippen molar-refractivity contribution in [3.63, 3.8) is 0 Å². The normalized spacial score (nSPS) is 19.3. The second kappa shape index (κ2) is 9.30. The van der Waals surface area contributed by atoms with E-state index in [2.05, 4.69) is 20.8 Å². The Balaban J connectivity index is 1.54. The van der Waals surface area contributed by atoms with Crippen molar-refractivity contribution in [2.24, 2.45) is 0 Å². The molecule has 1 aliphatic rings. The van der Waals surface area contributed by atoms with E-state index in [1.54, 1.807) is 30.3 Å². The third kappa shape index (κ3) is 5.62. The Labute approximate surface area is 167 Å². The van der Waals surface area contributed by atoms with Crippen molar-refractivity contribution in [2.45, 2.75) is 5.60 Å². The van der Waals surface area contributed by atoms with Crippen LogP contribution in [0.25, 0.3) is 0 Å². The number of amides is 3. The SMILES string of the molecule is O=C(NCC(=O)N1CCOCC(O)(CNC(=O)c2ccn[nH]2)C1)c1ccccc1. The van der Waals surface area contributed by atoms with Gasteiger partial charge in [0.25, 0.3) is 11.8 Å². The van der Waals surface area contributed by atoms with E-state index >= 15 is 0 Å². The molecule has 4 N–H and O–H groups in total. The molecule has 1 fully saturated rings. The zero-order valence-corrected chi connectivity index (χ0v) is 15.8. The van der Waals surface area contributed by atoms with Crippen LogP contribution >= 0.6 is 0 Å². The van der Waals surface area contributed by atoms with Gasteiger partial charge >= 0.3 is 0 Å². The smallest absolute Gasteiger partial charge is 0.269 e. The van der Waals surface area contributed by atoms with Gasteiger partial charge < -0.3 is 25.4 Å². The molecule has 0 saturated carbocycles. The van der Waals surface area contributed by atoms with Gasteiger partial charge in [-0.1, -0.05) is 18.2 Å². The number of β-amino-alcohol motifs (C(OH)–C–C–N with tert-alkyl or cyclic N) is 1. The molecule has 1 atom stereocenters. The highest BCUT2D eigenvalue weighted by atomic mass is 16.5. The number of H-pyrrole nitrogens is 1. The second-order valence-corrected chi connectivity index (χ2v) is 6.79. The molecular formula is C19H23N5O5. The molecule has 1 aromatic carbocycles.